The topological polar surface area (TPSA) is 84.0 Å². The number of hydrogen-bond donors (Lipinski definition) is 2. The lowest BCUT2D eigenvalue weighted by molar-refractivity contribution is 0.297. The van der Waals surface area contributed by atoms with Crippen LogP contribution in [0.5, 0.6) is 0 Å². The second-order valence-corrected chi connectivity index (χ2v) is 6.52. The standard InChI is InChI=1S/C12H20N4O2S/c1-2-13-12-14-8-11(9-15-12)19(17,18)16-7-6-10-4-3-5-10/h8-10,16H,2-7H2,1H3,(H,13,14,15). The zero-order valence-corrected chi connectivity index (χ0v) is 11.9. The maximum absolute atomic E-state index is 12.0. The molecule has 1 aliphatic rings. The highest BCUT2D eigenvalue weighted by Crippen LogP contribution is 2.28. The van der Waals surface area contributed by atoms with E-state index in [1.165, 1.54) is 31.7 Å². The van der Waals surface area contributed by atoms with Crippen LogP contribution in [0.2, 0.25) is 0 Å². The second kappa shape index (κ2) is 6.29. The highest BCUT2D eigenvalue weighted by atomic mass is 32.2. The van der Waals surface area contributed by atoms with Crippen molar-refractivity contribution < 1.29 is 8.42 Å². The molecule has 1 heterocycles. The maximum atomic E-state index is 12.0. The van der Waals surface area contributed by atoms with Crippen LogP contribution in [0.3, 0.4) is 0 Å². The summed E-state index contributed by atoms with van der Waals surface area (Å²) in [5.41, 5.74) is 0. The van der Waals surface area contributed by atoms with E-state index in [0.29, 0.717) is 25.0 Å². The SMILES string of the molecule is CCNc1ncc(S(=O)(=O)NCCC2CCC2)cn1. The molecule has 2 rings (SSSR count). The molecule has 1 aliphatic carbocycles. The molecule has 0 spiro atoms. The molecular weight excluding hydrogens is 264 g/mol. The average Bonchev–Trinajstić information content (AvgIpc) is 2.33. The highest BCUT2D eigenvalue weighted by molar-refractivity contribution is 7.89. The van der Waals surface area contributed by atoms with Crippen molar-refractivity contribution in [3.05, 3.63) is 12.4 Å². The van der Waals surface area contributed by atoms with Crippen LogP contribution < -0.4 is 10.0 Å². The highest BCUT2D eigenvalue weighted by Gasteiger charge is 2.19. The predicted molar refractivity (Wildman–Crippen MR) is 73.3 cm³/mol. The van der Waals surface area contributed by atoms with E-state index in [2.05, 4.69) is 20.0 Å². The Labute approximate surface area is 114 Å². The Balaban J connectivity index is 1.90. The minimum atomic E-state index is -3.47. The first-order valence-corrected chi connectivity index (χ1v) is 8.15. The van der Waals surface area contributed by atoms with Gasteiger partial charge >= 0.3 is 0 Å². The molecule has 0 amide bonds. The summed E-state index contributed by atoms with van der Waals surface area (Å²) in [6.45, 7) is 3.11. The minimum absolute atomic E-state index is 0.114. The van der Waals surface area contributed by atoms with Gasteiger partial charge in [-0.15, -0.1) is 0 Å². The molecule has 7 heteroatoms. The number of sulfonamides is 1. The molecular formula is C12H20N4O2S. The molecule has 2 N–H and O–H groups in total. The number of aromatic nitrogens is 2. The van der Waals surface area contributed by atoms with Gasteiger partial charge in [0.25, 0.3) is 0 Å². The first-order chi connectivity index (χ1) is 9.12. The number of anilines is 1. The summed E-state index contributed by atoms with van der Waals surface area (Å²) in [6.07, 6.45) is 7.30. The summed E-state index contributed by atoms with van der Waals surface area (Å²) >= 11 is 0. The van der Waals surface area contributed by atoms with Gasteiger partial charge in [0.05, 0.1) is 12.4 Å². The van der Waals surface area contributed by atoms with E-state index in [4.69, 9.17) is 0 Å². The fourth-order valence-electron chi connectivity index (χ4n) is 1.97. The lowest BCUT2D eigenvalue weighted by Crippen LogP contribution is -2.27. The molecule has 1 aromatic heterocycles. The molecule has 1 aromatic rings. The maximum Gasteiger partial charge on any atom is 0.243 e. The van der Waals surface area contributed by atoms with Crippen LogP contribution in [0.25, 0.3) is 0 Å². The smallest absolute Gasteiger partial charge is 0.243 e. The minimum Gasteiger partial charge on any atom is -0.355 e. The van der Waals surface area contributed by atoms with Crippen molar-refractivity contribution >= 4 is 16.0 Å². The molecule has 1 saturated carbocycles. The van der Waals surface area contributed by atoms with Crippen LogP contribution in [-0.2, 0) is 10.0 Å². The van der Waals surface area contributed by atoms with E-state index in [1.54, 1.807) is 0 Å². The summed E-state index contributed by atoms with van der Waals surface area (Å²) in [4.78, 5) is 8.04. The third-order valence-electron chi connectivity index (χ3n) is 3.34. The van der Waals surface area contributed by atoms with Crippen molar-refractivity contribution in [3.8, 4) is 0 Å². The van der Waals surface area contributed by atoms with Crippen LogP contribution in [-0.4, -0.2) is 31.5 Å². The lowest BCUT2D eigenvalue weighted by Gasteiger charge is -2.25. The molecule has 1 fully saturated rings. The lowest BCUT2D eigenvalue weighted by atomic mass is 9.83. The van der Waals surface area contributed by atoms with Gasteiger partial charge in [-0.25, -0.2) is 23.1 Å². The Kier molecular flexibility index (Phi) is 4.71. The van der Waals surface area contributed by atoms with Gasteiger partial charge in [0.15, 0.2) is 0 Å². The molecule has 106 valence electrons. The summed E-state index contributed by atoms with van der Waals surface area (Å²) in [5.74, 6) is 1.13. The van der Waals surface area contributed by atoms with Gasteiger partial charge in [-0.3, -0.25) is 0 Å². The van der Waals surface area contributed by atoms with Gasteiger partial charge in [-0.05, 0) is 19.3 Å². The first kappa shape index (κ1) is 14.2. The van der Waals surface area contributed by atoms with E-state index >= 15 is 0 Å². The van der Waals surface area contributed by atoms with E-state index in [-0.39, 0.29) is 4.90 Å². The fraction of sp³-hybridized carbons (Fsp3) is 0.667. The summed E-state index contributed by atoms with van der Waals surface area (Å²) < 4.78 is 26.6. The Morgan fingerprint density at radius 3 is 2.53 bits per heavy atom. The van der Waals surface area contributed by atoms with Crippen molar-refractivity contribution in [1.29, 1.82) is 0 Å². The zero-order chi connectivity index (χ0) is 13.7. The number of nitrogens with one attached hydrogen (secondary N) is 2. The van der Waals surface area contributed by atoms with Gasteiger partial charge in [0, 0.05) is 13.1 Å². The average molecular weight is 284 g/mol. The Bertz CT molecular complexity index is 497. The van der Waals surface area contributed by atoms with Crippen molar-refractivity contribution in [2.45, 2.75) is 37.5 Å². The first-order valence-electron chi connectivity index (χ1n) is 6.67. The van der Waals surface area contributed by atoms with Crippen LogP contribution in [0.1, 0.15) is 32.6 Å². The summed E-state index contributed by atoms with van der Waals surface area (Å²) in [7, 11) is -3.47. The molecule has 0 radical (unpaired) electrons. The zero-order valence-electron chi connectivity index (χ0n) is 11.1. The predicted octanol–water partition coefficient (Wildman–Crippen LogP) is 1.38. The van der Waals surface area contributed by atoms with Crippen LogP contribution >= 0.6 is 0 Å². The van der Waals surface area contributed by atoms with Crippen molar-refractivity contribution in [2.75, 3.05) is 18.4 Å². The van der Waals surface area contributed by atoms with Crippen LogP contribution in [0.4, 0.5) is 5.95 Å². The normalized spacial score (nSPS) is 16.1. The van der Waals surface area contributed by atoms with Gasteiger partial charge in [0.1, 0.15) is 4.90 Å². The van der Waals surface area contributed by atoms with Crippen molar-refractivity contribution in [3.63, 3.8) is 0 Å². The molecule has 0 aliphatic heterocycles. The number of rotatable bonds is 7. The molecule has 0 unspecified atom stereocenters. The van der Waals surface area contributed by atoms with E-state index in [0.717, 1.165) is 6.42 Å². The Morgan fingerprint density at radius 2 is 2.00 bits per heavy atom. The molecule has 6 nitrogen and oxygen atoms in total. The Morgan fingerprint density at radius 1 is 1.32 bits per heavy atom. The van der Waals surface area contributed by atoms with Crippen LogP contribution in [0.15, 0.2) is 17.3 Å². The van der Waals surface area contributed by atoms with E-state index in [1.807, 2.05) is 6.92 Å². The molecule has 0 saturated heterocycles. The van der Waals surface area contributed by atoms with Gasteiger partial charge < -0.3 is 5.32 Å². The van der Waals surface area contributed by atoms with E-state index < -0.39 is 10.0 Å². The molecule has 0 aromatic carbocycles. The summed E-state index contributed by atoms with van der Waals surface area (Å²) in [6, 6.07) is 0. The van der Waals surface area contributed by atoms with Crippen molar-refractivity contribution in [1.82, 2.24) is 14.7 Å². The molecule has 19 heavy (non-hydrogen) atoms. The molecule has 0 atom stereocenters. The van der Waals surface area contributed by atoms with Gasteiger partial charge in [-0.1, -0.05) is 19.3 Å². The van der Waals surface area contributed by atoms with E-state index in [9.17, 15) is 8.42 Å². The fourth-order valence-corrected chi connectivity index (χ4v) is 2.90. The number of hydrogen-bond acceptors (Lipinski definition) is 5. The van der Waals surface area contributed by atoms with Crippen LogP contribution in [0, 0.1) is 5.92 Å². The quantitative estimate of drug-likeness (QED) is 0.790. The third kappa shape index (κ3) is 3.87. The largest absolute Gasteiger partial charge is 0.355 e. The third-order valence-corrected chi connectivity index (χ3v) is 4.76. The van der Waals surface area contributed by atoms with Crippen molar-refractivity contribution in [2.24, 2.45) is 5.92 Å². The molecule has 0 bridgehead atoms. The van der Waals surface area contributed by atoms with Gasteiger partial charge in [0.2, 0.25) is 16.0 Å². The monoisotopic (exact) mass is 284 g/mol. The second-order valence-electron chi connectivity index (χ2n) is 4.76. The number of nitrogens with zero attached hydrogens (tertiary/aromatic N) is 2. The Hall–Kier alpha value is -1.21. The summed E-state index contributed by atoms with van der Waals surface area (Å²) in [5, 5.41) is 2.92. The van der Waals surface area contributed by atoms with Gasteiger partial charge in [-0.2, -0.15) is 0 Å².